The summed E-state index contributed by atoms with van der Waals surface area (Å²) in [7, 11) is 0. The van der Waals surface area contributed by atoms with Gasteiger partial charge in [-0.1, -0.05) is 27.2 Å². The summed E-state index contributed by atoms with van der Waals surface area (Å²) >= 11 is 0. The Labute approximate surface area is 133 Å². The molecule has 0 aliphatic carbocycles. The number of carbonyl (C=O) groups is 2. The summed E-state index contributed by atoms with van der Waals surface area (Å²) < 4.78 is 58.2. The molecule has 0 radical (unpaired) electrons. The van der Waals surface area contributed by atoms with Gasteiger partial charge in [0.05, 0.1) is 0 Å². The lowest BCUT2D eigenvalue weighted by atomic mass is 10.0. The number of hydrogen-bond acceptors (Lipinski definition) is 4. The van der Waals surface area contributed by atoms with Crippen LogP contribution >= 0.6 is 0 Å². The maximum atomic E-state index is 12.5. The number of esters is 2. The molecule has 23 heavy (non-hydrogen) atoms. The van der Waals surface area contributed by atoms with Crippen molar-refractivity contribution in [1.82, 2.24) is 0 Å². The molecule has 0 amide bonds. The van der Waals surface area contributed by atoms with E-state index in [9.17, 15) is 27.2 Å². The third-order valence-corrected chi connectivity index (χ3v) is 3.11. The Morgan fingerprint density at radius 3 is 2.13 bits per heavy atom. The average Bonchev–Trinajstić information content (AvgIpc) is 2.44. The van der Waals surface area contributed by atoms with E-state index >= 15 is 0 Å². The molecule has 0 heterocycles. The molecule has 1 unspecified atom stereocenters. The van der Waals surface area contributed by atoms with Crippen molar-refractivity contribution in [1.29, 1.82) is 0 Å². The van der Waals surface area contributed by atoms with Crippen molar-refractivity contribution in [3.8, 4) is 0 Å². The summed E-state index contributed by atoms with van der Waals surface area (Å²) in [6.07, 6.45) is -2.83. The number of ether oxygens (including phenoxy) is 2. The van der Waals surface area contributed by atoms with E-state index in [0.717, 1.165) is 12.8 Å². The highest BCUT2D eigenvalue weighted by molar-refractivity contribution is 5.72. The number of halogens is 4. The lowest BCUT2D eigenvalue weighted by Crippen LogP contribution is -2.33. The van der Waals surface area contributed by atoms with Gasteiger partial charge in [0.1, 0.15) is 6.10 Å². The highest BCUT2D eigenvalue weighted by Crippen LogP contribution is 2.23. The van der Waals surface area contributed by atoms with Crippen LogP contribution in [0.1, 0.15) is 52.9 Å². The van der Waals surface area contributed by atoms with Crippen molar-refractivity contribution in [2.45, 2.75) is 71.3 Å². The molecule has 0 saturated heterocycles. The van der Waals surface area contributed by atoms with E-state index in [1.807, 2.05) is 20.8 Å². The van der Waals surface area contributed by atoms with E-state index in [-0.39, 0.29) is 31.3 Å². The maximum absolute atomic E-state index is 12.5. The first-order valence-corrected chi connectivity index (χ1v) is 7.61. The minimum Gasteiger partial charge on any atom is -0.462 e. The summed E-state index contributed by atoms with van der Waals surface area (Å²) in [6.45, 7) is 4.15. The third kappa shape index (κ3) is 9.40. The molecule has 1 atom stereocenters. The van der Waals surface area contributed by atoms with Gasteiger partial charge in [0.25, 0.3) is 0 Å². The molecule has 0 bridgehead atoms. The Bertz CT molecular complexity index is 372. The Balaban J connectivity index is 4.01. The number of rotatable bonds is 11. The first-order valence-electron chi connectivity index (χ1n) is 7.61. The van der Waals surface area contributed by atoms with E-state index in [4.69, 9.17) is 4.74 Å². The van der Waals surface area contributed by atoms with Gasteiger partial charge in [-0.3, -0.25) is 9.59 Å². The molecule has 0 fully saturated rings. The molecule has 0 aromatic rings. The predicted octanol–water partition coefficient (Wildman–Crippen LogP) is 3.97. The lowest BCUT2D eigenvalue weighted by molar-refractivity contribution is -0.179. The molecule has 0 N–H and O–H groups in total. The van der Waals surface area contributed by atoms with Gasteiger partial charge in [-0.25, -0.2) is 8.78 Å². The Kier molecular flexibility index (Phi) is 9.83. The van der Waals surface area contributed by atoms with Crippen molar-refractivity contribution in [3.63, 3.8) is 0 Å². The minimum atomic E-state index is -4.36. The monoisotopic (exact) mass is 344 g/mol. The van der Waals surface area contributed by atoms with Crippen molar-refractivity contribution in [2.75, 3.05) is 6.61 Å². The molecule has 0 saturated carbocycles. The first-order chi connectivity index (χ1) is 10.6. The van der Waals surface area contributed by atoms with Crippen molar-refractivity contribution in [2.24, 2.45) is 5.92 Å². The molecular formula is C15H24F4O4. The van der Waals surface area contributed by atoms with E-state index in [1.54, 1.807) is 0 Å². The Morgan fingerprint density at radius 1 is 1.09 bits per heavy atom. The normalized spacial score (nSPS) is 13.3. The van der Waals surface area contributed by atoms with E-state index in [2.05, 4.69) is 4.74 Å². The molecule has 0 aromatic heterocycles. The van der Waals surface area contributed by atoms with Crippen molar-refractivity contribution < 1.29 is 36.6 Å². The molecule has 8 heteroatoms. The van der Waals surface area contributed by atoms with Gasteiger partial charge in [0, 0.05) is 12.8 Å². The number of alkyl halides is 4. The molecule has 0 aromatic carbocycles. The zero-order valence-corrected chi connectivity index (χ0v) is 13.6. The van der Waals surface area contributed by atoms with Crippen molar-refractivity contribution >= 4 is 11.9 Å². The fourth-order valence-electron chi connectivity index (χ4n) is 1.73. The van der Waals surface area contributed by atoms with Crippen LogP contribution < -0.4 is 0 Å². The summed E-state index contributed by atoms with van der Waals surface area (Å²) in [5.41, 5.74) is 0. The van der Waals surface area contributed by atoms with E-state index in [1.165, 1.54) is 0 Å². The van der Waals surface area contributed by atoms with Crippen LogP contribution in [0.4, 0.5) is 17.6 Å². The van der Waals surface area contributed by atoms with Gasteiger partial charge in [0.2, 0.25) is 0 Å². The molecule has 0 aliphatic rings. The molecule has 0 rings (SSSR count). The zero-order valence-electron chi connectivity index (χ0n) is 13.6. The molecule has 0 spiro atoms. The van der Waals surface area contributed by atoms with Crippen LogP contribution in [-0.2, 0) is 19.1 Å². The van der Waals surface area contributed by atoms with Crippen LogP contribution in [0.25, 0.3) is 0 Å². The van der Waals surface area contributed by atoms with E-state index in [0.29, 0.717) is 0 Å². The standard InChI is InChI=1S/C15H24F4O4/c1-4-6-11(10(2)3)23-13(21)8-5-7-12(20)22-9-15(18,19)14(16)17/h10-11,14H,4-9H2,1-3H3. The van der Waals surface area contributed by atoms with Gasteiger partial charge in [0.15, 0.2) is 6.61 Å². The Morgan fingerprint density at radius 2 is 1.65 bits per heavy atom. The molecular weight excluding hydrogens is 320 g/mol. The molecule has 4 nitrogen and oxygen atoms in total. The van der Waals surface area contributed by atoms with Crippen LogP contribution in [0.5, 0.6) is 0 Å². The smallest absolute Gasteiger partial charge is 0.340 e. The summed E-state index contributed by atoms with van der Waals surface area (Å²) in [5.74, 6) is -5.73. The van der Waals surface area contributed by atoms with Crippen LogP contribution in [0, 0.1) is 5.92 Å². The largest absolute Gasteiger partial charge is 0.462 e. The van der Waals surface area contributed by atoms with Crippen LogP contribution in [0.2, 0.25) is 0 Å². The average molecular weight is 344 g/mol. The minimum absolute atomic E-state index is 0.0505. The van der Waals surface area contributed by atoms with Crippen LogP contribution in [-0.4, -0.2) is 37.0 Å². The van der Waals surface area contributed by atoms with Gasteiger partial charge >= 0.3 is 24.3 Å². The second-order valence-corrected chi connectivity index (χ2v) is 5.64. The molecule has 136 valence electrons. The number of carbonyl (C=O) groups excluding carboxylic acids is 2. The van der Waals surface area contributed by atoms with Gasteiger partial charge in [-0.2, -0.15) is 8.78 Å². The fourth-order valence-corrected chi connectivity index (χ4v) is 1.73. The highest BCUT2D eigenvalue weighted by Gasteiger charge is 2.42. The predicted molar refractivity (Wildman–Crippen MR) is 75.4 cm³/mol. The fraction of sp³-hybridized carbons (Fsp3) is 0.867. The van der Waals surface area contributed by atoms with Gasteiger partial charge < -0.3 is 9.47 Å². The highest BCUT2D eigenvalue weighted by atomic mass is 19.3. The van der Waals surface area contributed by atoms with Crippen molar-refractivity contribution in [3.05, 3.63) is 0 Å². The third-order valence-electron chi connectivity index (χ3n) is 3.11. The SMILES string of the molecule is CCCC(OC(=O)CCCC(=O)OCC(F)(F)C(F)F)C(C)C. The lowest BCUT2D eigenvalue weighted by Gasteiger charge is -2.20. The van der Waals surface area contributed by atoms with Gasteiger partial charge in [-0.15, -0.1) is 0 Å². The summed E-state index contributed by atoms with van der Waals surface area (Å²) in [5, 5.41) is 0. The van der Waals surface area contributed by atoms with Crippen LogP contribution in [0.3, 0.4) is 0 Å². The molecule has 0 aliphatic heterocycles. The summed E-state index contributed by atoms with van der Waals surface area (Å²) in [4.78, 5) is 22.8. The maximum Gasteiger partial charge on any atom is 0.340 e. The topological polar surface area (TPSA) is 52.6 Å². The first kappa shape index (κ1) is 21.7. The second-order valence-electron chi connectivity index (χ2n) is 5.64. The quantitative estimate of drug-likeness (QED) is 0.420. The summed E-state index contributed by atoms with van der Waals surface area (Å²) in [6, 6.07) is 0. The zero-order chi connectivity index (χ0) is 18.0. The van der Waals surface area contributed by atoms with E-state index < -0.39 is 30.9 Å². The van der Waals surface area contributed by atoms with Crippen LogP contribution in [0.15, 0.2) is 0 Å². The Hall–Kier alpha value is -1.34. The number of hydrogen-bond donors (Lipinski definition) is 0. The van der Waals surface area contributed by atoms with Gasteiger partial charge in [-0.05, 0) is 18.8 Å². The second kappa shape index (κ2) is 10.4.